The summed E-state index contributed by atoms with van der Waals surface area (Å²) >= 11 is 0. The highest BCUT2D eigenvalue weighted by molar-refractivity contribution is 6.03. The molecule has 0 unspecified atom stereocenters. The third-order valence-corrected chi connectivity index (χ3v) is 4.50. The summed E-state index contributed by atoms with van der Waals surface area (Å²) < 4.78 is 16.2. The highest BCUT2D eigenvalue weighted by atomic mass is 16.5. The lowest BCUT2D eigenvalue weighted by atomic mass is 9.75. The van der Waals surface area contributed by atoms with E-state index in [0.29, 0.717) is 23.0 Å². The van der Waals surface area contributed by atoms with Crippen LogP contribution in [0, 0.1) is 5.92 Å². The first-order valence-electron chi connectivity index (χ1n) is 7.37. The number of carbonyl (C=O) groups is 1. The van der Waals surface area contributed by atoms with E-state index in [9.17, 15) is 4.79 Å². The van der Waals surface area contributed by atoms with Crippen molar-refractivity contribution >= 4 is 5.78 Å². The standard InChI is InChI=1S/C17H24O4/c1-12-5-7-17(21-4,8-6-12)16(18)13-9-14(19-2)11-15(10-13)20-3/h9-12H,5-8H2,1-4H3. The SMILES string of the molecule is COc1cc(OC)cc(C(=O)C2(OC)CCC(C)CC2)c1. The summed E-state index contributed by atoms with van der Waals surface area (Å²) in [5, 5.41) is 0. The molecular weight excluding hydrogens is 268 g/mol. The second-order valence-electron chi connectivity index (χ2n) is 5.81. The Labute approximate surface area is 126 Å². The normalized spacial score (nSPS) is 25.4. The molecule has 0 aromatic heterocycles. The molecule has 1 aromatic carbocycles. The third kappa shape index (κ3) is 3.21. The van der Waals surface area contributed by atoms with Crippen LogP contribution in [-0.4, -0.2) is 32.7 Å². The summed E-state index contributed by atoms with van der Waals surface area (Å²) in [6, 6.07) is 5.27. The van der Waals surface area contributed by atoms with Gasteiger partial charge in [0.25, 0.3) is 0 Å². The first-order chi connectivity index (χ1) is 10.0. The van der Waals surface area contributed by atoms with Crippen LogP contribution in [0.15, 0.2) is 18.2 Å². The topological polar surface area (TPSA) is 44.8 Å². The molecule has 1 saturated carbocycles. The summed E-state index contributed by atoms with van der Waals surface area (Å²) in [4.78, 5) is 13.0. The fourth-order valence-corrected chi connectivity index (χ4v) is 2.95. The van der Waals surface area contributed by atoms with E-state index < -0.39 is 5.60 Å². The Morgan fingerprint density at radius 2 is 1.57 bits per heavy atom. The molecule has 0 aliphatic heterocycles. The average Bonchev–Trinajstić information content (AvgIpc) is 2.54. The molecule has 1 aromatic rings. The number of carbonyl (C=O) groups excluding carboxylic acids is 1. The predicted molar refractivity (Wildman–Crippen MR) is 81.2 cm³/mol. The van der Waals surface area contributed by atoms with Crippen molar-refractivity contribution < 1.29 is 19.0 Å². The van der Waals surface area contributed by atoms with Crippen LogP contribution in [0.25, 0.3) is 0 Å². The monoisotopic (exact) mass is 292 g/mol. The zero-order valence-corrected chi connectivity index (χ0v) is 13.3. The van der Waals surface area contributed by atoms with Crippen LogP contribution in [0.3, 0.4) is 0 Å². The molecule has 0 saturated heterocycles. The summed E-state index contributed by atoms with van der Waals surface area (Å²) in [5.74, 6) is 1.91. The van der Waals surface area contributed by atoms with E-state index >= 15 is 0 Å². The van der Waals surface area contributed by atoms with Gasteiger partial charge in [0.2, 0.25) is 0 Å². The van der Waals surface area contributed by atoms with Crippen molar-refractivity contribution in [2.75, 3.05) is 21.3 Å². The molecule has 21 heavy (non-hydrogen) atoms. The van der Waals surface area contributed by atoms with Gasteiger partial charge in [-0.25, -0.2) is 0 Å². The van der Waals surface area contributed by atoms with E-state index in [-0.39, 0.29) is 5.78 Å². The van der Waals surface area contributed by atoms with E-state index in [1.807, 2.05) is 0 Å². The average molecular weight is 292 g/mol. The Bertz CT molecular complexity index is 479. The summed E-state index contributed by atoms with van der Waals surface area (Å²) in [7, 11) is 4.79. The predicted octanol–water partition coefficient (Wildman–Crippen LogP) is 3.48. The number of methoxy groups -OCH3 is 3. The zero-order chi connectivity index (χ0) is 15.5. The number of rotatable bonds is 5. The van der Waals surface area contributed by atoms with Gasteiger partial charge in [-0.15, -0.1) is 0 Å². The van der Waals surface area contributed by atoms with Crippen molar-refractivity contribution in [2.24, 2.45) is 5.92 Å². The van der Waals surface area contributed by atoms with Gasteiger partial charge in [-0.3, -0.25) is 4.79 Å². The number of Topliss-reactive ketones (excluding diaryl/α,β-unsaturated/α-hetero) is 1. The molecule has 1 aliphatic rings. The van der Waals surface area contributed by atoms with Crippen molar-refractivity contribution in [3.05, 3.63) is 23.8 Å². The summed E-state index contributed by atoms with van der Waals surface area (Å²) in [5.41, 5.74) is -0.119. The molecule has 0 spiro atoms. The maximum Gasteiger partial charge on any atom is 0.194 e. The Morgan fingerprint density at radius 1 is 1.05 bits per heavy atom. The van der Waals surface area contributed by atoms with Gasteiger partial charge in [0.05, 0.1) is 14.2 Å². The molecule has 4 heteroatoms. The Kier molecular flexibility index (Phi) is 4.88. The summed E-state index contributed by atoms with van der Waals surface area (Å²) in [6.07, 6.45) is 3.56. The zero-order valence-electron chi connectivity index (χ0n) is 13.3. The van der Waals surface area contributed by atoms with E-state index in [1.165, 1.54) is 0 Å². The molecule has 2 rings (SSSR count). The van der Waals surface area contributed by atoms with Crippen LogP contribution in [-0.2, 0) is 4.74 Å². The maximum absolute atomic E-state index is 13.0. The second kappa shape index (κ2) is 6.48. The molecule has 1 aliphatic carbocycles. The minimum Gasteiger partial charge on any atom is -0.497 e. The second-order valence-corrected chi connectivity index (χ2v) is 5.81. The van der Waals surface area contributed by atoms with Gasteiger partial charge in [-0.1, -0.05) is 6.92 Å². The van der Waals surface area contributed by atoms with Crippen molar-refractivity contribution in [1.82, 2.24) is 0 Å². The van der Waals surface area contributed by atoms with Crippen LogP contribution < -0.4 is 9.47 Å². The molecule has 4 nitrogen and oxygen atoms in total. The summed E-state index contributed by atoms with van der Waals surface area (Å²) in [6.45, 7) is 2.22. The fourth-order valence-electron chi connectivity index (χ4n) is 2.95. The van der Waals surface area contributed by atoms with Crippen LogP contribution >= 0.6 is 0 Å². The van der Waals surface area contributed by atoms with Crippen LogP contribution in [0.2, 0.25) is 0 Å². The quantitative estimate of drug-likeness (QED) is 0.779. The van der Waals surface area contributed by atoms with E-state index in [1.54, 1.807) is 39.5 Å². The number of hydrogen-bond acceptors (Lipinski definition) is 4. The lowest BCUT2D eigenvalue weighted by molar-refractivity contribution is -0.0263. The Hall–Kier alpha value is -1.55. The Balaban J connectivity index is 2.33. The van der Waals surface area contributed by atoms with Crippen LogP contribution in [0.5, 0.6) is 11.5 Å². The molecule has 0 heterocycles. The van der Waals surface area contributed by atoms with E-state index in [4.69, 9.17) is 14.2 Å². The lowest BCUT2D eigenvalue weighted by Gasteiger charge is -2.37. The number of benzene rings is 1. The van der Waals surface area contributed by atoms with Crippen molar-refractivity contribution in [2.45, 2.75) is 38.2 Å². The van der Waals surface area contributed by atoms with Crippen LogP contribution in [0.1, 0.15) is 43.0 Å². The largest absolute Gasteiger partial charge is 0.497 e. The van der Waals surface area contributed by atoms with Crippen molar-refractivity contribution in [3.8, 4) is 11.5 Å². The minimum absolute atomic E-state index is 0.0223. The molecule has 1 fully saturated rings. The molecule has 0 bridgehead atoms. The first-order valence-corrected chi connectivity index (χ1v) is 7.37. The first kappa shape index (κ1) is 15.8. The minimum atomic E-state index is -0.704. The van der Waals surface area contributed by atoms with Gasteiger partial charge in [0.15, 0.2) is 5.78 Å². The Morgan fingerprint density at radius 3 is 2.00 bits per heavy atom. The molecule has 0 amide bonds. The molecule has 116 valence electrons. The maximum atomic E-state index is 13.0. The lowest BCUT2D eigenvalue weighted by Crippen LogP contribution is -2.43. The van der Waals surface area contributed by atoms with Crippen molar-refractivity contribution in [3.63, 3.8) is 0 Å². The van der Waals surface area contributed by atoms with E-state index in [2.05, 4.69) is 6.92 Å². The van der Waals surface area contributed by atoms with Gasteiger partial charge in [0, 0.05) is 18.7 Å². The van der Waals surface area contributed by atoms with Gasteiger partial charge < -0.3 is 14.2 Å². The fraction of sp³-hybridized carbons (Fsp3) is 0.588. The highest BCUT2D eigenvalue weighted by Gasteiger charge is 2.41. The van der Waals surface area contributed by atoms with Gasteiger partial charge in [-0.05, 0) is 43.7 Å². The van der Waals surface area contributed by atoms with Crippen LogP contribution in [0.4, 0.5) is 0 Å². The van der Waals surface area contributed by atoms with Gasteiger partial charge >= 0.3 is 0 Å². The van der Waals surface area contributed by atoms with Crippen molar-refractivity contribution in [1.29, 1.82) is 0 Å². The molecule has 0 radical (unpaired) electrons. The molecule has 0 N–H and O–H groups in total. The number of ether oxygens (including phenoxy) is 3. The highest BCUT2D eigenvalue weighted by Crippen LogP contribution is 2.38. The number of ketones is 1. The van der Waals surface area contributed by atoms with E-state index in [0.717, 1.165) is 25.7 Å². The van der Waals surface area contributed by atoms with Gasteiger partial charge in [-0.2, -0.15) is 0 Å². The van der Waals surface area contributed by atoms with Gasteiger partial charge in [0.1, 0.15) is 17.1 Å². The number of hydrogen-bond donors (Lipinski definition) is 0. The molecular formula is C17H24O4. The third-order valence-electron chi connectivity index (χ3n) is 4.50. The smallest absolute Gasteiger partial charge is 0.194 e. The molecule has 0 atom stereocenters.